The number of hydrogen-bond acceptors (Lipinski definition) is 3. The Morgan fingerprint density at radius 1 is 0.933 bits per heavy atom. The van der Waals surface area contributed by atoms with Gasteiger partial charge in [0.1, 0.15) is 0 Å². The van der Waals surface area contributed by atoms with Crippen molar-refractivity contribution >= 4 is 22.4 Å². The number of carbonyl (C=O) groups excluding carboxylic acids is 1. The molecule has 0 aliphatic carbocycles. The third-order valence-corrected chi connectivity index (χ3v) is 5.36. The second kappa shape index (κ2) is 11.3. The molecular weight excluding hydrogens is 374 g/mol. The number of nitrogens with one attached hydrogen (secondary N) is 2. The maximum absolute atomic E-state index is 12.3. The zero-order valence-corrected chi connectivity index (χ0v) is 17.7. The number of anilines is 1. The number of hydrogen-bond donors (Lipinski definition) is 2. The van der Waals surface area contributed by atoms with Crippen molar-refractivity contribution in [1.82, 2.24) is 10.2 Å². The highest BCUT2D eigenvalue weighted by atomic mass is 16.1. The lowest BCUT2D eigenvalue weighted by molar-refractivity contribution is -0.116. The van der Waals surface area contributed by atoms with Crippen molar-refractivity contribution in [3.05, 3.63) is 70.1 Å². The minimum absolute atomic E-state index is 0.0633. The Balaban J connectivity index is 1.55. The summed E-state index contributed by atoms with van der Waals surface area (Å²) in [5.74, 6) is 0.0633. The third kappa shape index (κ3) is 6.28. The van der Waals surface area contributed by atoms with Gasteiger partial charge in [-0.2, -0.15) is 5.10 Å². The van der Waals surface area contributed by atoms with Crippen LogP contribution in [-0.2, 0) is 11.2 Å². The molecule has 0 aliphatic rings. The molecule has 0 unspecified atom stereocenters. The summed E-state index contributed by atoms with van der Waals surface area (Å²) in [6.07, 6.45) is 9.54. The van der Waals surface area contributed by atoms with Gasteiger partial charge in [0, 0.05) is 23.9 Å². The first-order valence-corrected chi connectivity index (χ1v) is 11.0. The zero-order valence-electron chi connectivity index (χ0n) is 17.7. The summed E-state index contributed by atoms with van der Waals surface area (Å²) in [5.41, 5.74) is 2.47. The van der Waals surface area contributed by atoms with E-state index in [0.717, 1.165) is 35.2 Å². The molecule has 0 bridgehead atoms. The summed E-state index contributed by atoms with van der Waals surface area (Å²) in [7, 11) is 0. The Kier molecular flexibility index (Phi) is 8.19. The Bertz CT molecular complexity index is 1030. The average Bonchev–Trinajstić information content (AvgIpc) is 2.75. The summed E-state index contributed by atoms with van der Waals surface area (Å²) in [6, 6.07) is 15.3. The smallest absolute Gasteiger partial charge is 0.272 e. The lowest BCUT2D eigenvalue weighted by Gasteiger charge is -2.09. The van der Waals surface area contributed by atoms with Crippen molar-refractivity contribution in [2.45, 2.75) is 64.7 Å². The number of nitrogens with zero attached hydrogens (tertiary/aromatic N) is 1. The van der Waals surface area contributed by atoms with Crippen LogP contribution in [0.1, 0.15) is 69.5 Å². The van der Waals surface area contributed by atoms with Gasteiger partial charge in [0.2, 0.25) is 5.91 Å². The predicted molar refractivity (Wildman–Crippen MR) is 123 cm³/mol. The second-order valence-corrected chi connectivity index (χ2v) is 7.84. The van der Waals surface area contributed by atoms with Gasteiger partial charge in [0.05, 0.1) is 11.1 Å². The van der Waals surface area contributed by atoms with E-state index in [-0.39, 0.29) is 11.5 Å². The fourth-order valence-electron chi connectivity index (χ4n) is 3.72. The van der Waals surface area contributed by atoms with E-state index in [1.165, 1.54) is 32.1 Å². The molecule has 2 N–H and O–H groups in total. The number of H-pyrrole nitrogens is 1. The second-order valence-electron chi connectivity index (χ2n) is 7.84. The molecule has 3 rings (SSSR count). The average molecular weight is 406 g/mol. The first-order valence-electron chi connectivity index (χ1n) is 11.0. The zero-order chi connectivity index (χ0) is 21.2. The van der Waals surface area contributed by atoms with Crippen LogP contribution < -0.4 is 10.9 Å². The lowest BCUT2D eigenvalue weighted by Crippen LogP contribution is -2.12. The quantitative estimate of drug-likeness (QED) is 0.408. The molecule has 0 spiro atoms. The predicted octanol–water partition coefficient (Wildman–Crippen LogP) is 5.59. The first-order chi connectivity index (χ1) is 14.7. The monoisotopic (exact) mass is 405 g/mol. The Morgan fingerprint density at radius 2 is 1.67 bits per heavy atom. The third-order valence-electron chi connectivity index (χ3n) is 5.36. The Hall–Kier alpha value is -2.95. The Labute approximate surface area is 177 Å². The van der Waals surface area contributed by atoms with Gasteiger partial charge in [-0.25, -0.2) is 5.10 Å². The highest BCUT2D eigenvalue weighted by molar-refractivity contribution is 5.90. The molecule has 0 radical (unpaired) electrons. The number of aromatic nitrogens is 2. The highest BCUT2D eigenvalue weighted by Gasteiger charge is 2.08. The maximum Gasteiger partial charge on any atom is 0.272 e. The van der Waals surface area contributed by atoms with Crippen LogP contribution in [0.4, 0.5) is 5.69 Å². The minimum atomic E-state index is -0.180. The number of benzene rings is 2. The summed E-state index contributed by atoms with van der Waals surface area (Å²) in [6.45, 7) is 2.22. The summed E-state index contributed by atoms with van der Waals surface area (Å²) in [5, 5.41) is 11.3. The van der Waals surface area contributed by atoms with Crippen molar-refractivity contribution in [3.8, 4) is 0 Å². The van der Waals surface area contributed by atoms with Gasteiger partial charge < -0.3 is 5.32 Å². The van der Waals surface area contributed by atoms with E-state index >= 15 is 0 Å². The van der Waals surface area contributed by atoms with Gasteiger partial charge in [-0.3, -0.25) is 9.59 Å². The van der Waals surface area contributed by atoms with Gasteiger partial charge in [-0.15, -0.1) is 0 Å². The van der Waals surface area contributed by atoms with Crippen LogP contribution in [0.2, 0.25) is 0 Å². The van der Waals surface area contributed by atoms with Crippen molar-refractivity contribution in [2.75, 3.05) is 5.32 Å². The van der Waals surface area contributed by atoms with E-state index in [1.54, 1.807) is 6.07 Å². The summed E-state index contributed by atoms with van der Waals surface area (Å²) >= 11 is 0. The number of fused-ring (bicyclic) bond motifs is 1. The Morgan fingerprint density at radius 3 is 2.47 bits per heavy atom. The molecule has 0 aliphatic heterocycles. The molecule has 0 saturated carbocycles. The van der Waals surface area contributed by atoms with Crippen molar-refractivity contribution in [3.63, 3.8) is 0 Å². The van der Waals surface area contributed by atoms with Crippen LogP contribution in [-0.4, -0.2) is 16.1 Å². The van der Waals surface area contributed by atoms with Crippen molar-refractivity contribution in [2.24, 2.45) is 0 Å². The molecule has 0 saturated heterocycles. The van der Waals surface area contributed by atoms with Gasteiger partial charge in [-0.1, -0.05) is 75.8 Å². The van der Waals surface area contributed by atoms with E-state index < -0.39 is 0 Å². The normalized spacial score (nSPS) is 11.0. The highest BCUT2D eigenvalue weighted by Crippen LogP contribution is 2.19. The molecule has 30 heavy (non-hydrogen) atoms. The number of unbranched alkanes of at least 4 members (excludes halogenated alkanes) is 6. The van der Waals surface area contributed by atoms with Crippen LogP contribution in [0.3, 0.4) is 0 Å². The van der Waals surface area contributed by atoms with Gasteiger partial charge in [-0.05, 0) is 30.2 Å². The molecule has 5 nitrogen and oxygen atoms in total. The number of rotatable bonds is 11. The van der Waals surface area contributed by atoms with Crippen LogP contribution >= 0.6 is 0 Å². The summed E-state index contributed by atoms with van der Waals surface area (Å²) in [4.78, 5) is 24.2. The molecular formula is C25H31N3O2. The molecule has 1 aromatic heterocycles. The topological polar surface area (TPSA) is 74.8 Å². The molecule has 5 heteroatoms. The summed E-state index contributed by atoms with van der Waals surface area (Å²) < 4.78 is 0. The molecule has 1 heterocycles. The van der Waals surface area contributed by atoms with Gasteiger partial charge in [0.15, 0.2) is 0 Å². The standard InChI is InChI=1S/C25H31N3O2/c1-2-3-4-5-6-7-8-16-24(29)26-20-13-11-12-19(17-20)18-23-21-14-9-10-15-22(21)25(30)28-27-23/h9-15,17H,2-8,16,18H2,1H3,(H,26,29)(H,28,30). The van der Waals surface area contributed by atoms with Crippen molar-refractivity contribution in [1.29, 1.82) is 0 Å². The SMILES string of the molecule is CCCCCCCCCC(=O)Nc1cccc(Cc2n[nH]c(=O)c3ccccc23)c1. The van der Waals surface area contributed by atoms with E-state index in [1.807, 2.05) is 42.5 Å². The first kappa shape index (κ1) is 21.8. The number of amides is 1. The van der Waals surface area contributed by atoms with Crippen LogP contribution in [0.5, 0.6) is 0 Å². The molecule has 0 atom stereocenters. The van der Waals surface area contributed by atoms with Crippen molar-refractivity contribution < 1.29 is 4.79 Å². The molecule has 3 aromatic rings. The lowest BCUT2D eigenvalue weighted by atomic mass is 10.0. The molecule has 158 valence electrons. The molecule has 2 aromatic carbocycles. The van der Waals surface area contributed by atoms with Gasteiger partial charge >= 0.3 is 0 Å². The van der Waals surface area contributed by atoms with Crippen LogP contribution in [0.25, 0.3) is 10.8 Å². The van der Waals surface area contributed by atoms with Crippen LogP contribution in [0.15, 0.2) is 53.3 Å². The fraction of sp³-hybridized carbons (Fsp3) is 0.400. The minimum Gasteiger partial charge on any atom is -0.326 e. The molecule has 0 fully saturated rings. The van der Waals surface area contributed by atoms with E-state index in [9.17, 15) is 9.59 Å². The molecule has 1 amide bonds. The maximum atomic E-state index is 12.3. The largest absolute Gasteiger partial charge is 0.326 e. The number of carbonyl (C=O) groups is 1. The van der Waals surface area contributed by atoms with Crippen LogP contribution in [0, 0.1) is 0 Å². The fourth-order valence-corrected chi connectivity index (χ4v) is 3.72. The number of aromatic amines is 1. The van der Waals surface area contributed by atoms with E-state index in [2.05, 4.69) is 22.4 Å². The van der Waals surface area contributed by atoms with Gasteiger partial charge in [0.25, 0.3) is 5.56 Å². The van der Waals surface area contributed by atoms with E-state index in [4.69, 9.17) is 0 Å². The van der Waals surface area contributed by atoms with E-state index in [0.29, 0.717) is 18.2 Å².